The van der Waals surface area contributed by atoms with Crippen LogP contribution in [0.1, 0.15) is 65.2 Å². The van der Waals surface area contributed by atoms with Gasteiger partial charge in [-0.1, -0.05) is 99.9 Å². The van der Waals surface area contributed by atoms with Gasteiger partial charge in [-0.15, -0.1) is 0 Å². The predicted molar refractivity (Wildman–Crippen MR) is 112 cm³/mol. The average molecular weight is 392 g/mol. The second-order valence-electron chi connectivity index (χ2n) is 6.87. The lowest BCUT2D eigenvalue weighted by atomic mass is 10.1. The molecule has 0 saturated heterocycles. The molecule has 1 atom stereocenters. The second kappa shape index (κ2) is 12.2. The number of hydrogen-bond donors (Lipinski definition) is 0. The standard InChI is InChI=1S/C22H33O4P/c1-3-5-6-7-8-9-10-13-19-24-27(23,4-2)26-25-22-18-14-16-20-15-11-12-17-21(20)22/h11-12,14-18H,3-10,13,19H2,1-2H3. The van der Waals surface area contributed by atoms with E-state index >= 15 is 0 Å². The molecule has 0 bridgehead atoms. The van der Waals surface area contributed by atoms with E-state index < -0.39 is 7.60 Å². The van der Waals surface area contributed by atoms with Crippen molar-refractivity contribution in [1.29, 1.82) is 0 Å². The zero-order chi connectivity index (χ0) is 19.4. The van der Waals surface area contributed by atoms with Crippen LogP contribution in [0.3, 0.4) is 0 Å². The fourth-order valence-corrected chi connectivity index (χ4v) is 3.90. The maximum atomic E-state index is 12.7. The highest BCUT2D eigenvalue weighted by molar-refractivity contribution is 7.53. The van der Waals surface area contributed by atoms with E-state index in [1.165, 1.54) is 38.5 Å². The van der Waals surface area contributed by atoms with Crippen LogP contribution in [0, 0.1) is 0 Å². The summed E-state index contributed by atoms with van der Waals surface area (Å²) < 4.78 is 23.6. The van der Waals surface area contributed by atoms with Crippen molar-refractivity contribution in [2.75, 3.05) is 12.8 Å². The Kier molecular flexibility index (Phi) is 9.90. The Hall–Kier alpha value is -1.35. The summed E-state index contributed by atoms with van der Waals surface area (Å²) in [5, 5.41) is 1.97. The van der Waals surface area contributed by atoms with E-state index in [1.807, 2.05) is 36.4 Å². The van der Waals surface area contributed by atoms with Crippen molar-refractivity contribution in [2.45, 2.75) is 65.2 Å². The highest BCUT2D eigenvalue weighted by Crippen LogP contribution is 2.48. The molecule has 0 heterocycles. The van der Waals surface area contributed by atoms with Gasteiger partial charge in [0, 0.05) is 5.39 Å². The third kappa shape index (κ3) is 7.65. The topological polar surface area (TPSA) is 44.8 Å². The molecular weight excluding hydrogens is 359 g/mol. The number of hydrogen-bond acceptors (Lipinski definition) is 4. The molecule has 4 nitrogen and oxygen atoms in total. The van der Waals surface area contributed by atoms with Gasteiger partial charge in [0.25, 0.3) is 0 Å². The fraction of sp³-hybridized carbons (Fsp3) is 0.545. The minimum Gasteiger partial charge on any atom is -0.328 e. The Balaban J connectivity index is 1.72. The summed E-state index contributed by atoms with van der Waals surface area (Å²) in [5.41, 5.74) is 0. The Morgan fingerprint density at radius 2 is 1.48 bits per heavy atom. The van der Waals surface area contributed by atoms with Gasteiger partial charge < -0.3 is 9.41 Å². The van der Waals surface area contributed by atoms with Gasteiger partial charge in [-0.25, -0.2) is 0 Å². The zero-order valence-electron chi connectivity index (χ0n) is 16.7. The first-order valence-corrected chi connectivity index (χ1v) is 12.0. The highest BCUT2D eigenvalue weighted by atomic mass is 31.2. The molecule has 2 aromatic carbocycles. The molecule has 0 aliphatic rings. The van der Waals surface area contributed by atoms with Crippen LogP contribution < -0.4 is 4.89 Å². The Morgan fingerprint density at radius 3 is 2.22 bits per heavy atom. The van der Waals surface area contributed by atoms with Gasteiger partial charge >= 0.3 is 7.60 Å². The smallest absolute Gasteiger partial charge is 0.328 e. The molecule has 0 amide bonds. The van der Waals surface area contributed by atoms with Crippen LogP contribution in [-0.4, -0.2) is 12.8 Å². The van der Waals surface area contributed by atoms with E-state index in [-0.39, 0.29) is 6.16 Å². The molecule has 0 fully saturated rings. The molecule has 0 aromatic heterocycles. The summed E-state index contributed by atoms with van der Waals surface area (Å²) in [5.74, 6) is 0.553. The Labute approximate surface area is 163 Å². The lowest BCUT2D eigenvalue weighted by Crippen LogP contribution is -2.03. The van der Waals surface area contributed by atoms with Gasteiger partial charge in [0.2, 0.25) is 0 Å². The molecule has 5 heteroatoms. The van der Waals surface area contributed by atoms with E-state index in [1.54, 1.807) is 13.0 Å². The minimum atomic E-state index is -3.24. The fourth-order valence-electron chi connectivity index (χ4n) is 2.97. The van der Waals surface area contributed by atoms with Gasteiger partial charge in [-0.2, -0.15) is 0 Å². The van der Waals surface area contributed by atoms with E-state index in [0.29, 0.717) is 12.4 Å². The van der Waals surface area contributed by atoms with Gasteiger partial charge in [0.1, 0.15) is 0 Å². The van der Waals surface area contributed by atoms with Gasteiger partial charge in [0.05, 0.1) is 12.8 Å². The van der Waals surface area contributed by atoms with E-state index in [0.717, 1.165) is 23.6 Å². The van der Waals surface area contributed by atoms with Crippen molar-refractivity contribution >= 4 is 18.4 Å². The van der Waals surface area contributed by atoms with Crippen LogP contribution in [0.2, 0.25) is 0 Å². The van der Waals surface area contributed by atoms with Crippen LogP contribution in [0.5, 0.6) is 5.75 Å². The lowest BCUT2D eigenvalue weighted by molar-refractivity contribution is -0.111. The van der Waals surface area contributed by atoms with Crippen molar-refractivity contribution in [3.8, 4) is 5.75 Å². The summed E-state index contributed by atoms with van der Waals surface area (Å²) in [6.07, 6.45) is 10.0. The van der Waals surface area contributed by atoms with Crippen LogP contribution in [-0.2, 0) is 13.8 Å². The summed E-state index contributed by atoms with van der Waals surface area (Å²) in [6.45, 7) is 4.47. The number of fused-ring (bicyclic) bond motifs is 1. The normalized spacial score (nSPS) is 13.6. The first-order chi connectivity index (χ1) is 13.2. The van der Waals surface area contributed by atoms with Gasteiger partial charge in [-0.3, -0.25) is 4.57 Å². The Morgan fingerprint density at radius 1 is 0.815 bits per heavy atom. The zero-order valence-corrected chi connectivity index (χ0v) is 17.6. The van der Waals surface area contributed by atoms with Gasteiger partial charge in [0.15, 0.2) is 5.75 Å². The van der Waals surface area contributed by atoms with Crippen LogP contribution >= 0.6 is 7.60 Å². The summed E-state index contributed by atoms with van der Waals surface area (Å²) in [4.78, 5) is 5.42. The van der Waals surface area contributed by atoms with E-state index in [4.69, 9.17) is 14.1 Å². The van der Waals surface area contributed by atoms with E-state index in [9.17, 15) is 4.57 Å². The molecule has 1 unspecified atom stereocenters. The van der Waals surface area contributed by atoms with Crippen LogP contribution in [0.25, 0.3) is 10.8 Å². The highest BCUT2D eigenvalue weighted by Gasteiger charge is 2.24. The third-order valence-corrected chi connectivity index (χ3v) is 6.32. The first kappa shape index (κ1) is 21.9. The molecule has 0 N–H and O–H groups in total. The van der Waals surface area contributed by atoms with Gasteiger partial charge in [-0.05, 0) is 17.9 Å². The number of benzene rings is 2. The van der Waals surface area contributed by atoms with Crippen molar-refractivity contribution in [1.82, 2.24) is 0 Å². The van der Waals surface area contributed by atoms with Crippen LogP contribution in [0.4, 0.5) is 0 Å². The SMILES string of the molecule is CCCCCCCCCCOP(=O)(CC)OOc1cccc2ccccc12. The molecule has 150 valence electrons. The maximum absolute atomic E-state index is 12.7. The molecule has 2 aromatic rings. The molecule has 0 saturated carbocycles. The van der Waals surface area contributed by atoms with Crippen molar-refractivity contribution < 1.29 is 18.7 Å². The monoisotopic (exact) mass is 392 g/mol. The van der Waals surface area contributed by atoms with Crippen molar-refractivity contribution in [2.24, 2.45) is 0 Å². The summed E-state index contributed by atoms with van der Waals surface area (Å²) in [7, 11) is -3.24. The molecule has 27 heavy (non-hydrogen) atoms. The number of rotatable bonds is 14. The largest absolute Gasteiger partial charge is 0.368 e. The van der Waals surface area contributed by atoms with Crippen molar-refractivity contribution in [3.63, 3.8) is 0 Å². The molecule has 2 rings (SSSR count). The molecular formula is C22H33O4P. The lowest BCUT2D eigenvalue weighted by Gasteiger charge is -2.16. The summed E-state index contributed by atoms with van der Waals surface area (Å²) in [6, 6.07) is 13.6. The molecule has 0 spiro atoms. The average Bonchev–Trinajstić information content (AvgIpc) is 2.71. The maximum Gasteiger partial charge on any atom is 0.368 e. The first-order valence-electron chi connectivity index (χ1n) is 10.3. The molecule has 0 aliphatic carbocycles. The third-order valence-electron chi connectivity index (χ3n) is 4.66. The molecule has 0 radical (unpaired) electrons. The quantitative estimate of drug-likeness (QED) is 0.144. The van der Waals surface area contributed by atoms with E-state index in [2.05, 4.69) is 6.92 Å². The number of unbranched alkanes of at least 4 members (excludes halogenated alkanes) is 7. The predicted octanol–water partition coefficient (Wildman–Crippen LogP) is 7.52. The minimum absolute atomic E-state index is 0.286. The van der Waals surface area contributed by atoms with Crippen LogP contribution in [0.15, 0.2) is 42.5 Å². The molecule has 0 aliphatic heterocycles. The Bertz CT molecular complexity index is 711. The summed E-state index contributed by atoms with van der Waals surface area (Å²) >= 11 is 0. The second-order valence-corrected chi connectivity index (χ2v) is 9.13. The van der Waals surface area contributed by atoms with Crippen molar-refractivity contribution in [3.05, 3.63) is 42.5 Å².